The SMILES string of the molecule is CCCNC(=O)[C@H](Cc1ccccc1)N(Cc1ccccc1Cl)C(=O)CN(c1ccc(Oc2ccccc2)cc1)S(C)(=O)=O. The number of amides is 2. The smallest absolute Gasteiger partial charge is 0.244 e. The van der Waals surface area contributed by atoms with Crippen LogP contribution in [0.5, 0.6) is 11.5 Å². The Hall–Kier alpha value is -4.34. The first kappa shape index (κ1) is 32.6. The van der Waals surface area contributed by atoms with Gasteiger partial charge in [0.25, 0.3) is 0 Å². The van der Waals surface area contributed by atoms with Crippen molar-refractivity contribution in [2.75, 3.05) is 23.7 Å². The third-order valence-electron chi connectivity index (χ3n) is 6.90. The van der Waals surface area contributed by atoms with Gasteiger partial charge in [0.2, 0.25) is 21.8 Å². The van der Waals surface area contributed by atoms with E-state index in [4.69, 9.17) is 16.3 Å². The molecule has 0 saturated heterocycles. The van der Waals surface area contributed by atoms with Crippen LogP contribution in [0.15, 0.2) is 109 Å². The normalized spacial score (nSPS) is 11.8. The van der Waals surface area contributed by atoms with E-state index in [-0.39, 0.29) is 24.6 Å². The number of carbonyl (C=O) groups is 2. The average molecular weight is 634 g/mol. The molecule has 4 aromatic rings. The Bertz CT molecular complexity index is 1630. The van der Waals surface area contributed by atoms with E-state index in [0.29, 0.717) is 35.1 Å². The molecular formula is C34H36ClN3O5S. The summed E-state index contributed by atoms with van der Waals surface area (Å²) in [6.07, 6.45) is 1.99. The van der Waals surface area contributed by atoms with Gasteiger partial charge in [-0.3, -0.25) is 13.9 Å². The minimum atomic E-state index is -3.90. The highest BCUT2D eigenvalue weighted by Gasteiger charge is 2.33. The molecule has 0 bridgehead atoms. The third kappa shape index (κ3) is 9.08. The lowest BCUT2D eigenvalue weighted by Crippen LogP contribution is -2.53. The molecule has 0 spiro atoms. The molecule has 0 radical (unpaired) electrons. The second kappa shape index (κ2) is 15.4. The number of hydrogen-bond donors (Lipinski definition) is 1. The van der Waals surface area contributed by atoms with Crippen molar-refractivity contribution in [1.29, 1.82) is 0 Å². The molecule has 44 heavy (non-hydrogen) atoms. The van der Waals surface area contributed by atoms with Crippen molar-refractivity contribution in [3.05, 3.63) is 125 Å². The number of nitrogens with one attached hydrogen (secondary N) is 1. The van der Waals surface area contributed by atoms with Crippen LogP contribution in [0.1, 0.15) is 24.5 Å². The number of para-hydroxylation sites is 1. The summed E-state index contributed by atoms with van der Waals surface area (Å²) in [7, 11) is -3.90. The maximum Gasteiger partial charge on any atom is 0.244 e. The highest BCUT2D eigenvalue weighted by Crippen LogP contribution is 2.27. The maximum absolute atomic E-state index is 14.2. The summed E-state index contributed by atoms with van der Waals surface area (Å²) >= 11 is 6.49. The number of hydrogen-bond acceptors (Lipinski definition) is 5. The largest absolute Gasteiger partial charge is 0.457 e. The number of anilines is 1. The first-order valence-corrected chi connectivity index (χ1v) is 16.5. The van der Waals surface area contributed by atoms with E-state index in [1.807, 2.05) is 67.6 Å². The van der Waals surface area contributed by atoms with Crippen LogP contribution in [-0.2, 0) is 32.6 Å². The molecule has 0 aliphatic rings. The molecule has 10 heteroatoms. The van der Waals surface area contributed by atoms with Crippen LogP contribution in [0.3, 0.4) is 0 Å². The average Bonchev–Trinajstić information content (AvgIpc) is 3.02. The molecule has 1 atom stereocenters. The molecule has 0 unspecified atom stereocenters. The Balaban J connectivity index is 1.67. The summed E-state index contributed by atoms with van der Waals surface area (Å²) in [6, 6.07) is 31.2. The first-order valence-electron chi connectivity index (χ1n) is 14.3. The number of rotatable bonds is 14. The van der Waals surface area contributed by atoms with Gasteiger partial charge in [0.15, 0.2) is 0 Å². The zero-order valence-corrected chi connectivity index (χ0v) is 26.3. The van der Waals surface area contributed by atoms with Crippen molar-refractivity contribution in [3.63, 3.8) is 0 Å². The molecule has 0 heterocycles. The standard InChI is InChI=1S/C34H36ClN3O5S/c1-3-22-36-34(40)32(23-26-12-6-4-7-13-26)37(24-27-14-10-11-17-31(27)35)33(39)25-38(44(2,41)42)28-18-20-30(21-19-28)43-29-15-8-5-9-16-29/h4-21,32H,3,22-25H2,1-2H3,(H,36,40)/t32-/m0/s1. The van der Waals surface area contributed by atoms with Crippen molar-refractivity contribution >= 4 is 39.1 Å². The van der Waals surface area contributed by atoms with Gasteiger partial charge in [-0.05, 0) is 60.0 Å². The molecule has 2 amide bonds. The van der Waals surface area contributed by atoms with Crippen LogP contribution >= 0.6 is 11.6 Å². The summed E-state index contributed by atoms with van der Waals surface area (Å²) in [6.45, 7) is 1.87. The molecule has 0 aromatic heterocycles. The predicted octanol–water partition coefficient (Wildman–Crippen LogP) is 6.06. The second-order valence-electron chi connectivity index (χ2n) is 10.3. The Kier molecular flexibility index (Phi) is 11.4. The van der Waals surface area contributed by atoms with Crippen molar-refractivity contribution in [2.24, 2.45) is 0 Å². The lowest BCUT2D eigenvalue weighted by molar-refractivity contribution is -0.140. The second-order valence-corrected chi connectivity index (χ2v) is 12.6. The maximum atomic E-state index is 14.2. The van der Waals surface area contributed by atoms with E-state index in [1.54, 1.807) is 48.5 Å². The van der Waals surface area contributed by atoms with E-state index in [9.17, 15) is 18.0 Å². The lowest BCUT2D eigenvalue weighted by Gasteiger charge is -2.33. The molecule has 4 aromatic carbocycles. The fourth-order valence-electron chi connectivity index (χ4n) is 4.65. The van der Waals surface area contributed by atoms with E-state index < -0.39 is 28.5 Å². The van der Waals surface area contributed by atoms with Crippen LogP contribution in [-0.4, -0.2) is 50.5 Å². The van der Waals surface area contributed by atoms with Crippen molar-refractivity contribution in [3.8, 4) is 11.5 Å². The molecule has 0 aliphatic carbocycles. The highest BCUT2D eigenvalue weighted by atomic mass is 35.5. The van der Waals surface area contributed by atoms with E-state index in [0.717, 1.165) is 16.1 Å². The Morgan fingerprint density at radius 3 is 2.05 bits per heavy atom. The van der Waals surface area contributed by atoms with Crippen LogP contribution in [0.2, 0.25) is 5.02 Å². The first-order chi connectivity index (χ1) is 21.2. The van der Waals surface area contributed by atoms with Gasteiger partial charge in [0, 0.05) is 24.5 Å². The zero-order valence-electron chi connectivity index (χ0n) is 24.7. The Morgan fingerprint density at radius 1 is 0.841 bits per heavy atom. The molecule has 0 fully saturated rings. The van der Waals surface area contributed by atoms with E-state index in [2.05, 4.69) is 5.32 Å². The van der Waals surface area contributed by atoms with Gasteiger partial charge in [0.1, 0.15) is 24.1 Å². The molecule has 0 saturated carbocycles. The summed E-state index contributed by atoms with van der Waals surface area (Å²) in [5.41, 5.74) is 1.78. The van der Waals surface area contributed by atoms with Crippen LogP contribution in [0, 0.1) is 0 Å². The van der Waals surface area contributed by atoms with Gasteiger partial charge in [-0.25, -0.2) is 8.42 Å². The third-order valence-corrected chi connectivity index (χ3v) is 8.41. The van der Waals surface area contributed by atoms with Crippen molar-refractivity contribution < 1.29 is 22.7 Å². The topological polar surface area (TPSA) is 96.0 Å². The number of ether oxygens (including phenoxy) is 1. The van der Waals surface area contributed by atoms with E-state index >= 15 is 0 Å². The van der Waals surface area contributed by atoms with Gasteiger partial charge in [-0.2, -0.15) is 0 Å². The Morgan fingerprint density at radius 2 is 1.43 bits per heavy atom. The van der Waals surface area contributed by atoms with Crippen LogP contribution < -0.4 is 14.4 Å². The van der Waals surface area contributed by atoms with Crippen molar-refractivity contribution in [2.45, 2.75) is 32.4 Å². The monoisotopic (exact) mass is 633 g/mol. The number of benzene rings is 4. The predicted molar refractivity (Wildman–Crippen MR) is 174 cm³/mol. The summed E-state index contributed by atoms with van der Waals surface area (Å²) in [4.78, 5) is 29.2. The summed E-state index contributed by atoms with van der Waals surface area (Å²) in [5.74, 6) is 0.268. The summed E-state index contributed by atoms with van der Waals surface area (Å²) < 4.78 is 33.0. The zero-order chi connectivity index (χ0) is 31.5. The van der Waals surface area contributed by atoms with Gasteiger partial charge in [0.05, 0.1) is 11.9 Å². The number of carbonyl (C=O) groups excluding carboxylic acids is 2. The molecule has 230 valence electrons. The van der Waals surface area contributed by atoms with Crippen LogP contribution in [0.25, 0.3) is 0 Å². The summed E-state index contributed by atoms with van der Waals surface area (Å²) in [5, 5.41) is 3.36. The number of halogens is 1. The molecule has 1 N–H and O–H groups in total. The fourth-order valence-corrected chi connectivity index (χ4v) is 5.69. The minimum absolute atomic E-state index is 0.0109. The fraction of sp³-hybridized carbons (Fsp3) is 0.235. The molecule has 8 nitrogen and oxygen atoms in total. The Labute approximate surface area is 264 Å². The number of nitrogens with zero attached hydrogens (tertiary/aromatic N) is 2. The molecule has 4 rings (SSSR count). The van der Waals surface area contributed by atoms with E-state index in [1.165, 1.54) is 4.90 Å². The minimum Gasteiger partial charge on any atom is -0.457 e. The molecular weight excluding hydrogens is 598 g/mol. The van der Waals surface area contributed by atoms with Gasteiger partial charge in [-0.1, -0.05) is 85.3 Å². The highest BCUT2D eigenvalue weighted by molar-refractivity contribution is 7.92. The van der Waals surface area contributed by atoms with Gasteiger partial charge < -0.3 is 15.0 Å². The molecule has 0 aliphatic heterocycles. The lowest BCUT2D eigenvalue weighted by atomic mass is 10.0. The van der Waals surface area contributed by atoms with Crippen LogP contribution in [0.4, 0.5) is 5.69 Å². The van der Waals surface area contributed by atoms with Gasteiger partial charge >= 0.3 is 0 Å². The van der Waals surface area contributed by atoms with Crippen molar-refractivity contribution in [1.82, 2.24) is 10.2 Å². The number of sulfonamides is 1. The quantitative estimate of drug-likeness (QED) is 0.182. The van der Waals surface area contributed by atoms with Gasteiger partial charge in [-0.15, -0.1) is 0 Å².